The normalized spacial score (nSPS) is 12.9. The predicted octanol–water partition coefficient (Wildman–Crippen LogP) is 20.0. The Morgan fingerprint density at radius 1 is 0.399 bits per heavy atom. The van der Waals surface area contributed by atoms with Gasteiger partial charge in [0.2, 0.25) is 5.91 Å². The summed E-state index contributed by atoms with van der Waals surface area (Å²) in [4.78, 5) is 92.7. The van der Waals surface area contributed by atoms with E-state index in [1.807, 2.05) is 226 Å². The molecule has 0 bridgehead atoms. The zero-order chi connectivity index (χ0) is 103. The van der Waals surface area contributed by atoms with Gasteiger partial charge in [-0.1, -0.05) is 196 Å². The van der Waals surface area contributed by atoms with Crippen LogP contribution >= 0.6 is 0 Å². The van der Waals surface area contributed by atoms with Crippen molar-refractivity contribution in [2.45, 2.75) is 70.7 Å². The molecular formula is C114H93F5N18O11. The molecule has 6 amide bonds. The van der Waals surface area contributed by atoms with E-state index in [1.165, 1.54) is 31.6 Å². The predicted molar refractivity (Wildman–Crippen MR) is 556 cm³/mol. The minimum atomic E-state index is -0.865. The number of nitrogens with one attached hydrogen (secondary N) is 11. The number of imidazole rings is 1. The molecule has 15 N–H and O–H groups in total. The number of benzene rings is 15. The summed E-state index contributed by atoms with van der Waals surface area (Å²) in [6.45, 7) is 5.57. The van der Waals surface area contributed by atoms with Crippen molar-refractivity contribution in [2.24, 2.45) is 11.7 Å². The number of cyclic esters (lactones) is 1. The fourth-order valence-electron chi connectivity index (χ4n) is 17.9. The number of H-pyrrole nitrogens is 6. The molecule has 4 atom stereocenters. The molecule has 22 aromatic rings. The minimum Gasteiger partial charge on any atom is -0.467 e. The smallest absolute Gasteiger partial charge is 0.328 e. The minimum absolute atomic E-state index is 0.0848. The zero-order valence-electron chi connectivity index (χ0n) is 79.4. The Labute approximate surface area is 838 Å². The number of halogens is 5. The van der Waals surface area contributed by atoms with Crippen molar-refractivity contribution in [3.05, 3.63) is 372 Å². The Hall–Kier alpha value is -18.7. The van der Waals surface area contributed by atoms with Crippen molar-refractivity contribution >= 4 is 150 Å². The molecule has 740 valence electrons. The van der Waals surface area contributed by atoms with Crippen LogP contribution in [-0.2, 0) is 27.3 Å². The van der Waals surface area contributed by atoms with Crippen molar-refractivity contribution in [3.63, 3.8) is 0 Å². The highest BCUT2D eigenvalue weighted by molar-refractivity contribution is 6.09. The Bertz CT molecular complexity index is 8820. The highest BCUT2D eigenvalue weighted by Crippen LogP contribution is 2.39. The summed E-state index contributed by atoms with van der Waals surface area (Å²) < 4.78 is 83.3. The maximum Gasteiger partial charge on any atom is 0.328 e. The number of primary amides is 1. The van der Waals surface area contributed by atoms with E-state index < -0.39 is 82.7 Å². The molecule has 148 heavy (non-hydrogen) atoms. The number of ether oxygens (including phenoxy) is 1. The number of aromatic nitrogens is 12. The molecule has 0 spiro atoms. The first-order valence-electron chi connectivity index (χ1n) is 47.3. The highest BCUT2D eigenvalue weighted by atomic mass is 19.1. The van der Waals surface area contributed by atoms with Crippen molar-refractivity contribution in [3.8, 4) is 56.3 Å². The number of carbonyl (C=O) groups excluding carboxylic acids is 7. The van der Waals surface area contributed by atoms with Gasteiger partial charge in [-0.2, -0.15) is 25.5 Å². The number of fused-ring (bicyclic) bond motifs is 10. The van der Waals surface area contributed by atoms with Crippen LogP contribution in [-0.4, -0.2) is 157 Å². The van der Waals surface area contributed by atoms with Gasteiger partial charge in [-0.3, -0.25) is 54.3 Å². The molecule has 7 aromatic heterocycles. The van der Waals surface area contributed by atoms with Crippen molar-refractivity contribution in [2.75, 3.05) is 19.8 Å². The van der Waals surface area contributed by atoms with E-state index in [1.54, 1.807) is 48.7 Å². The molecule has 1 saturated heterocycles. The van der Waals surface area contributed by atoms with Gasteiger partial charge in [-0.05, 0) is 176 Å². The second-order valence-corrected chi connectivity index (χ2v) is 36.0. The molecule has 0 aliphatic carbocycles. The molecule has 8 heterocycles. The summed E-state index contributed by atoms with van der Waals surface area (Å²) in [6, 6.07) is 84.3. The van der Waals surface area contributed by atoms with Gasteiger partial charge in [0.05, 0.1) is 79.5 Å². The quantitative estimate of drug-likeness (QED) is 0.0209. The van der Waals surface area contributed by atoms with E-state index in [2.05, 4.69) is 87.5 Å². The van der Waals surface area contributed by atoms with Gasteiger partial charge in [-0.15, -0.1) is 0 Å². The lowest BCUT2D eigenvalue weighted by Gasteiger charge is -2.18. The maximum absolute atomic E-state index is 14.8. The fourth-order valence-corrected chi connectivity index (χ4v) is 17.9. The number of aromatic amines is 6. The van der Waals surface area contributed by atoms with Gasteiger partial charge in [0.25, 0.3) is 29.5 Å². The van der Waals surface area contributed by atoms with Crippen LogP contribution in [0, 0.1) is 35.0 Å². The third-order valence-corrected chi connectivity index (χ3v) is 25.5. The first-order valence-corrected chi connectivity index (χ1v) is 47.3. The summed E-state index contributed by atoms with van der Waals surface area (Å²) in [7, 11) is 0. The van der Waals surface area contributed by atoms with E-state index in [0.29, 0.717) is 86.3 Å². The average molecular weight is 1990 g/mol. The highest BCUT2D eigenvalue weighted by Gasteiger charge is 2.31. The second-order valence-electron chi connectivity index (χ2n) is 36.0. The van der Waals surface area contributed by atoms with Crippen LogP contribution < -0.4 is 32.3 Å². The van der Waals surface area contributed by atoms with Crippen molar-refractivity contribution in [1.29, 1.82) is 0 Å². The summed E-state index contributed by atoms with van der Waals surface area (Å²) in [5, 5.41) is 80.9. The third-order valence-electron chi connectivity index (χ3n) is 25.5. The topological polar surface area (TPSA) is 441 Å². The maximum atomic E-state index is 14.8. The van der Waals surface area contributed by atoms with Crippen LogP contribution in [0.2, 0.25) is 0 Å². The average Bonchev–Trinajstić information content (AvgIpc) is 1.63. The molecule has 34 heteroatoms. The molecule has 1 aliphatic rings. The Morgan fingerprint density at radius 2 is 0.723 bits per heavy atom. The number of furan rings is 1. The number of aliphatic hydroxyl groups is 2. The van der Waals surface area contributed by atoms with Gasteiger partial charge in [-0.25, -0.2) is 31.7 Å². The molecule has 23 rings (SSSR count). The van der Waals surface area contributed by atoms with Crippen molar-refractivity contribution in [1.82, 2.24) is 87.5 Å². The van der Waals surface area contributed by atoms with Crippen LogP contribution in [0.3, 0.4) is 0 Å². The number of esters is 1. The summed E-state index contributed by atoms with van der Waals surface area (Å²) in [6.07, 6.45) is 6.11. The molecule has 1 fully saturated rings. The van der Waals surface area contributed by atoms with Crippen LogP contribution in [0.4, 0.5) is 22.0 Å². The van der Waals surface area contributed by atoms with Crippen LogP contribution in [0.5, 0.6) is 0 Å². The monoisotopic (exact) mass is 1980 g/mol. The number of aliphatic hydroxyl groups excluding tert-OH is 2. The number of nitrogens with two attached hydrogens (primary N) is 1. The van der Waals surface area contributed by atoms with Crippen LogP contribution in [0.15, 0.2) is 308 Å². The number of rotatable bonds is 23. The standard InChI is InChI=1S/C24H20FN5O2.C24H24FN3O2.C23H16FN3O2.C22H16FN3O3.C21H17FN4O2/c25-21-9-17(24(32)28-19(12-31)10-18-11-26-13-27-18)8-20-22(29-30-23(20)21)16-6-5-14-3-1-2-4-15(14)7-16;1-14(2)9-19(13-29)26-24(30)18-11-20-22(27-28-23(20)21(25)12-18)17-8-7-15-5-3-4-6-16(15)10-17;24-20-12-17(23(28)25-13-18-6-3-9-29-18)11-19-21(26-27-22(19)20)16-8-7-14-4-1-2-5-15(14)10-16;23-17-11-15(21(27)24-18-7-8-29-22(18)28)10-16-19(25-26-20(16)17)14-6-5-12-3-1-2-4-13(12)9-14;1-11(20(23)27)24-21(28)15-9-16-18(25-26-19(16)17(22)10-15)14-7-6-12-4-2-3-5-13(12)8-14/h1-9,11,13,19,31H,10,12H2,(H,26,27)(H,28,32)(H,29,30);3-8,10-12,14,19,29H,9,13H2,1-2H3,(H,26,30)(H,27,28);1-12H,13H2,(H,25,28)(H,26,27);1-6,9-11,18H,7-8H2,(H,24,27)(H,25,26);2-11H,1H3,(H2,23,27)(H,24,28)(H,25,26)/t2*19-;;18-;11-/m00.10/s1. The Kier molecular flexibility index (Phi) is 28.7. The van der Waals surface area contributed by atoms with Gasteiger partial charge < -0.3 is 56.7 Å². The van der Waals surface area contributed by atoms with E-state index in [4.69, 9.17) is 14.9 Å². The van der Waals surface area contributed by atoms with E-state index in [0.717, 1.165) is 106 Å². The second kappa shape index (κ2) is 43.2. The van der Waals surface area contributed by atoms with Crippen LogP contribution in [0.25, 0.3) is 165 Å². The molecule has 15 aromatic carbocycles. The Balaban J connectivity index is 0.000000116. The molecule has 1 aliphatic heterocycles. The number of amides is 6. The van der Waals surface area contributed by atoms with Crippen molar-refractivity contribution < 1.29 is 74.9 Å². The summed E-state index contributed by atoms with van der Waals surface area (Å²) >= 11 is 0. The lowest BCUT2D eigenvalue weighted by molar-refractivity contribution is -0.139. The van der Waals surface area contributed by atoms with Gasteiger partial charge >= 0.3 is 5.97 Å². The van der Waals surface area contributed by atoms with Gasteiger partial charge in [0.1, 0.15) is 45.4 Å². The van der Waals surface area contributed by atoms with E-state index in [-0.39, 0.29) is 93.7 Å². The zero-order valence-corrected chi connectivity index (χ0v) is 79.4. The number of carbonyl (C=O) groups is 7. The largest absolute Gasteiger partial charge is 0.467 e. The number of hydrogen-bond acceptors (Lipinski definition) is 17. The first kappa shape index (κ1) is 98.1. The molecule has 29 nitrogen and oxygen atoms in total. The van der Waals surface area contributed by atoms with Gasteiger partial charge in [0, 0.05) is 107 Å². The van der Waals surface area contributed by atoms with E-state index in [9.17, 15) is 65.7 Å². The summed E-state index contributed by atoms with van der Waals surface area (Å²) in [5.41, 5.74) is 15.0. The third kappa shape index (κ3) is 21.5. The fraction of sp³-hybridized carbons (Fsp3) is 0.132. The summed E-state index contributed by atoms with van der Waals surface area (Å²) in [5.74, 6) is -5.53. The first-order chi connectivity index (χ1) is 71.8. The SMILES string of the molecule is CC(C)C[C@@H](CO)NC(=O)c1cc(F)c2n[nH]c(-c3ccc4ccccc4c3)c2c1.C[C@H](NC(=O)c1cc(F)c2n[nH]c(-c3ccc4ccccc4c3)c2c1)C(N)=O.O=C(NCc1ccco1)c1cc(F)c2n[nH]c(-c3ccc4ccccc4c3)c2c1.O=C(N[C@@H]1CCOC1=O)c1cc(F)c2n[nH]c(-c3ccc4ccccc4c3)c2c1.O=C(N[C@H](CO)Cc1cnc[nH]1)c1cc(F)c2n[nH]c(-c3ccc4ccccc4c3)c2c1. The molecule has 0 saturated carbocycles. The van der Waals surface area contributed by atoms with E-state index >= 15 is 0 Å². The number of hydrogen-bond donors (Lipinski definition) is 14. The Morgan fingerprint density at radius 3 is 1.02 bits per heavy atom. The lowest BCUT2D eigenvalue weighted by atomic mass is 10.0. The van der Waals surface area contributed by atoms with Crippen LogP contribution in [0.1, 0.15) is 96.9 Å². The lowest BCUT2D eigenvalue weighted by Crippen LogP contribution is -2.42. The molecular weight excluding hydrogens is 1890 g/mol. The molecule has 0 radical (unpaired) electrons. The molecule has 0 unspecified atom stereocenters. The van der Waals surface area contributed by atoms with Gasteiger partial charge in [0.15, 0.2) is 29.1 Å². The number of nitrogens with zero attached hydrogens (tertiary/aromatic N) is 6.